The van der Waals surface area contributed by atoms with Gasteiger partial charge in [-0.15, -0.1) is 0 Å². The zero-order valence-electron chi connectivity index (χ0n) is 13.4. The maximum atomic E-state index is 12.5. The van der Waals surface area contributed by atoms with Crippen LogP contribution in [0.25, 0.3) is 0 Å². The fourth-order valence-electron chi connectivity index (χ4n) is 2.81. The van der Waals surface area contributed by atoms with E-state index >= 15 is 0 Å². The molecule has 4 nitrogen and oxygen atoms in total. The zero-order valence-corrected chi connectivity index (χ0v) is 15.0. The van der Waals surface area contributed by atoms with Crippen LogP contribution >= 0.6 is 15.9 Å². The Bertz CT molecular complexity index is 526. The summed E-state index contributed by atoms with van der Waals surface area (Å²) in [6.07, 6.45) is 5.11. The van der Waals surface area contributed by atoms with Crippen molar-refractivity contribution in [1.29, 1.82) is 0 Å². The molecular weight excluding hydrogens is 360 g/mol. The van der Waals surface area contributed by atoms with Crippen LogP contribution in [0.1, 0.15) is 45.4 Å². The third-order valence-electron chi connectivity index (χ3n) is 4.15. The fraction of sp³-hybridized carbons (Fsp3) is 0.556. The molecule has 1 saturated carbocycles. The first-order chi connectivity index (χ1) is 11.1. The number of rotatable bonds is 6. The van der Waals surface area contributed by atoms with E-state index in [2.05, 4.69) is 15.9 Å². The summed E-state index contributed by atoms with van der Waals surface area (Å²) in [5.74, 6) is -0.854. The van der Waals surface area contributed by atoms with Gasteiger partial charge in [0.05, 0.1) is 18.4 Å². The van der Waals surface area contributed by atoms with Crippen LogP contribution in [0.15, 0.2) is 28.7 Å². The topological polar surface area (TPSA) is 52.6 Å². The van der Waals surface area contributed by atoms with Crippen LogP contribution in [0.4, 0.5) is 0 Å². The highest BCUT2D eigenvalue weighted by Crippen LogP contribution is 2.32. The first kappa shape index (κ1) is 18.0. The summed E-state index contributed by atoms with van der Waals surface area (Å²) in [6.45, 7) is 2.48. The number of benzene rings is 1. The number of hydrogen-bond donors (Lipinski definition) is 0. The van der Waals surface area contributed by atoms with Crippen molar-refractivity contribution in [2.45, 2.75) is 45.4 Å². The molecule has 1 fully saturated rings. The lowest BCUT2D eigenvalue weighted by Gasteiger charge is -2.28. The molecule has 5 heteroatoms. The van der Waals surface area contributed by atoms with Crippen molar-refractivity contribution < 1.29 is 19.1 Å². The number of esters is 2. The Morgan fingerprint density at radius 3 is 2.30 bits per heavy atom. The normalized spacial score (nSPS) is 20.8. The first-order valence-electron chi connectivity index (χ1n) is 8.25. The fourth-order valence-corrected chi connectivity index (χ4v) is 3.08. The lowest BCUT2D eigenvalue weighted by atomic mass is 9.79. The van der Waals surface area contributed by atoms with Gasteiger partial charge in [0, 0.05) is 4.47 Å². The van der Waals surface area contributed by atoms with E-state index in [0.29, 0.717) is 25.2 Å². The molecule has 1 aromatic carbocycles. The van der Waals surface area contributed by atoms with Gasteiger partial charge in [-0.3, -0.25) is 9.59 Å². The molecule has 0 spiro atoms. The van der Waals surface area contributed by atoms with Crippen LogP contribution in [-0.2, 0) is 14.3 Å². The van der Waals surface area contributed by atoms with Crippen LogP contribution < -0.4 is 4.74 Å². The van der Waals surface area contributed by atoms with E-state index in [1.807, 2.05) is 19.1 Å². The highest BCUT2D eigenvalue weighted by Gasteiger charge is 2.38. The van der Waals surface area contributed by atoms with Gasteiger partial charge in [0.2, 0.25) is 0 Å². The van der Waals surface area contributed by atoms with Crippen molar-refractivity contribution >= 4 is 27.9 Å². The second-order valence-corrected chi connectivity index (χ2v) is 6.81. The monoisotopic (exact) mass is 382 g/mol. The summed E-state index contributed by atoms with van der Waals surface area (Å²) >= 11 is 3.35. The summed E-state index contributed by atoms with van der Waals surface area (Å²) in [6, 6.07) is 7.11. The summed E-state index contributed by atoms with van der Waals surface area (Å²) < 4.78 is 11.7. The predicted octanol–water partition coefficient (Wildman–Crippen LogP) is 4.50. The van der Waals surface area contributed by atoms with Gasteiger partial charge in [-0.2, -0.15) is 0 Å². The van der Waals surface area contributed by atoms with Crippen LogP contribution in [0.5, 0.6) is 5.75 Å². The van der Waals surface area contributed by atoms with Crippen LogP contribution in [0, 0.1) is 11.8 Å². The van der Waals surface area contributed by atoms with Gasteiger partial charge < -0.3 is 9.47 Å². The minimum atomic E-state index is -0.401. The van der Waals surface area contributed by atoms with Crippen molar-refractivity contribution in [2.24, 2.45) is 11.8 Å². The average molecular weight is 383 g/mol. The Morgan fingerprint density at radius 2 is 1.70 bits per heavy atom. The van der Waals surface area contributed by atoms with E-state index in [1.165, 1.54) is 0 Å². The molecule has 0 bridgehead atoms. The van der Waals surface area contributed by atoms with Crippen LogP contribution in [0.3, 0.4) is 0 Å². The Kier molecular flexibility index (Phi) is 7.09. The SMILES string of the molecule is CCCCOC(=O)C1CCCCC1C(=O)Oc1ccc(Br)cc1. The van der Waals surface area contributed by atoms with E-state index < -0.39 is 5.92 Å². The van der Waals surface area contributed by atoms with Crippen molar-refractivity contribution in [2.75, 3.05) is 6.61 Å². The Labute approximate surface area is 145 Å². The molecule has 0 heterocycles. The predicted molar refractivity (Wildman–Crippen MR) is 91.1 cm³/mol. The molecule has 1 aromatic rings. The van der Waals surface area contributed by atoms with Crippen LogP contribution in [0.2, 0.25) is 0 Å². The van der Waals surface area contributed by atoms with Gasteiger partial charge in [-0.1, -0.05) is 42.1 Å². The third kappa shape index (κ3) is 5.34. The van der Waals surface area contributed by atoms with E-state index in [0.717, 1.165) is 30.2 Å². The molecule has 0 aliphatic heterocycles. The van der Waals surface area contributed by atoms with Gasteiger partial charge in [-0.05, 0) is 43.5 Å². The molecular formula is C18H23BrO4. The van der Waals surface area contributed by atoms with Gasteiger partial charge in [0.25, 0.3) is 0 Å². The quantitative estimate of drug-likeness (QED) is 0.412. The maximum Gasteiger partial charge on any atom is 0.315 e. The van der Waals surface area contributed by atoms with E-state index in [-0.39, 0.29) is 17.9 Å². The minimum Gasteiger partial charge on any atom is -0.465 e. The second-order valence-electron chi connectivity index (χ2n) is 5.89. The number of unbranched alkanes of at least 4 members (excludes halogenated alkanes) is 1. The number of carbonyl (C=O) groups is 2. The smallest absolute Gasteiger partial charge is 0.315 e. The highest BCUT2D eigenvalue weighted by molar-refractivity contribution is 9.10. The molecule has 0 amide bonds. The summed E-state index contributed by atoms with van der Waals surface area (Å²) in [4.78, 5) is 24.7. The Hall–Kier alpha value is -1.36. The van der Waals surface area contributed by atoms with Crippen molar-refractivity contribution in [1.82, 2.24) is 0 Å². The summed E-state index contributed by atoms with van der Waals surface area (Å²) in [7, 11) is 0. The molecule has 0 aromatic heterocycles. The van der Waals surface area contributed by atoms with E-state index in [1.54, 1.807) is 12.1 Å². The number of halogens is 1. The first-order valence-corrected chi connectivity index (χ1v) is 9.05. The van der Waals surface area contributed by atoms with Gasteiger partial charge in [-0.25, -0.2) is 0 Å². The third-order valence-corrected chi connectivity index (χ3v) is 4.67. The molecule has 1 aliphatic rings. The van der Waals surface area contributed by atoms with Gasteiger partial charge in [0.15, 0.2) is 0 Å². The standard InChI is InChI=1S/C18H23BrO4/c1-2-3-12-22-17(20)15-6-4-5-7-16(15)18(21)23-14-10-8-13(19)9-11-14/h8-11,15-16H,2-7,12H2,1H3. The summed E-state index contributed by atoms with van der Waals surface area (Å²) in [5, 5.41) is 0. The molecule has 2 rings (SSSR count). The molecule has 0 saturated heterocycles. The van der Waals surface area contributed by atoms with Crippen molar-refractivity contribution in [3.05, 3.63) is 28.7 Å². The van der Waals surface area contributed by atoms with Gasteiger partial charge >= 0.3 is 11.9 Å². The number of ether oxygens (including phenoxy) is 2. The average Bonchev–Trinajstić information content (AvgIpc) is 2.57. The molecule has 0 N–H and O–H groups in total. The Morgan fingerprint density at radius 1 is 1.09 bits per heavy atom. The van der Waals surface area contributed by atoms with Crippen LogP contribution in [-0.4, -0.2) is 18.5 Å². The minimum absolute atomic E-state index is 0.254. The molecule has 2 atom stereocenters. The van der Waals surface area contributed by atoms with E-state index in [9.17, 15) is 9.59 Å². The molecule has 1 aliphatic carbocycles. The molecule has 23 heavy (non-hydrogen) atoms. The van der Waals surface area contributed by atoms with Crippen molar-refractivity contribution in [3.63, 3.8) is 0 Å². The van der Waals surface area contributed by atoms with E-state index in [4.69, 9.17) is 9.47 Å². The lowest BCUT2D eigenvalue weighted by molar-refractivity contribution is -0.158. The number of carbonyl (C=O) groups excluding carboxylic acids is 2. The lowest BCUT2D eigenvalue weighted by Crippen LogP contribution is -2.36. The second kappa shape index (κ2) is 9.06. The molecule has 0 radical (unpaired) electrons. The number of hydrogen-bond acceptors (Lipinski definition) is 4. The van der Waals surface area contributed by atoms with Crippen molar-refractivity contribution in [3.8, 4) is 5.75 Å². The summed E-state index contributed by atoms with van der Waals surface area (Å²) in [5.41, 5.74) is 0. The largest absolute Gasteiger partial charge is 0.465 e. The maximum absolute atomic E-state index is 12.5. The van der Waals surface area contributed by atoms with Gasteiger partial charge in [0.1, 0.15) is 5.75 Å². The molecule has 126 valence electrons. The molecule has 2 unspecified atom stereocenters. The highest BCUT2D eigenvalue weighted by atomic mass is 79.9. The Balaban J connectivity index is 1.97. The zero-order chi connectivity index (χ0) is 16.7.